The van der Waals surface area contributed by atoms with Gasteiger partial charge in [-0.1, -0.05) is 20.8 Å². The van der Waals surface area contributed by atoms with Gasteiger partial charge in [0.25, 0.3) is 0 Å². The molecular formula is C17H31NO3. The fourth-order valence-corrected chi connectivity index (χ4v) is 4.00. The molecule has 0 aromatic rings. The predicted octanol–water partition coefficient (Wildman–Crippen LogP) is 3.20. The van der Waals surface area contributed by atoms with Gasteiger partial charge in [-0.05, 0) is 56.9 Å². The summed E-state index contributed by atoms with van der Waals surface area (Å²) in [7, 11) is 0. The van der Waals surface area contributed by atoms with Crippen LogP contribution < -0.4 is 5.32 Å². The van der Waals surface area contributed by atoms with Crippen molar-refractivity contribution in [1.82, 2.24) is 5.32 Å². The minimum Gasteiger partial charge on any atom is -0.480 e. The van der Waals surface area contributed by atoms with Crippen LogP contribution in [0.1, 0.15) is 65.7 Å². The summed E-state index contributed by atoms with van der Waals surface area (Å²) in [6, 6.07) is 0. The smallest absolute Gasteiger partial charge is 0.323 e. The van der Waals surface area contributed by atoms with Crippen LogP contribution in [0.4, 0.5) is 0 Å². The lowest BCUT2D eigenvalue weighted by atomic mass is 9.78. The number of rotatable bonds is 5. The van der Waals surface area contributed by atoms with E-state index >= 15 is 0 Å². The summed E-state index contributed by atoms with van der Waals surface area (Å²) in [5.74, 6) is 0.782. The highest BCUT2D eigenvalue weighted by atomic mass is 16.5. The summed E-state index contributed by atoms with van der Waals surface area (Å²) in [5, 5.41) is 12.8. The van der Waals surface area contributed by atoms with Crippen LogP contribution >= 0.6 is 0 Å². The van der Waals surface area contributed by atoms with E-state index in [2.05, 4.69) is 19.2 Å². The third kappa shape index (κ3) is 3.98. The van der Waals surface area contributed by atoms with Crippen LogP contribution in [0.5, 0.6) is 0 Å². The van der Waals surface area contributed by atoms with E-state index in [0.717, 1.165) is 31.6 Å². The number of hydrogen-bond acceptors (Lipinski definition) is 3. The number of likely N-dealkylation sites (N-methyl/N-ethyl adjacent to an activating group) is 1. The Morgan fingerprint density at radius 2 is 2.00 bits per heavy atom. The van der Waals surface area contributed by atoms with Crippen LogP contribution in [-0.4, -0.2) is 35.4 Å². The molecule has 0 amide bonds. The number of carboxylic acid groups (broad SMARTS) is 1. The topological polar surface area (TPSA) is 58.6 Å². The maximum Gasteiger partial charge on any atom is 0.323 e. The van der Waals surface area contributed by atoms with Crippen LogP contribution in [0.3, 0.4) is 0 Å². The van der Waals surface area contributed by atoms with Crippen LogP contribution in [0.25, 0.3) is 0 Å². The summed E-state index contributed by atoms with van der Waals surface area (Å²) in [6.45, 7) is 7.29. The Hall–Kier alpha value is -0.610. The maximum absolute atomic E-state index is 11.7. The molecule has 5 unspecified atom stereocenters. The standard InChI is InChI=1S/C17H31NO3/c1-4-18-17(16(19)20)9-5-6-15(11-17)21-14-8-7-12(2)13(3)10-14/h12-15,18H,4-11H2,1-3H3,(H,19,20). The first-order valence-electron chi connectivity index (χ1n) is 8.60. The Labute approximate surface area is 128 Å². The number of hydrogen-bond donors (Lipinski definition) is 2. The van der Waals surface area contributed by atoms with E-state index in [-0.39, 0.29) is 6.10 Å². The van der Waals surface area contributed by atoms with Gasteiger partial charge in [0.05, 0.1) is 12.2 Å². The maximum atomic E-state index is 11.7. The zero-order valence-corrected chi connectivity index (χ0v) is 13.7. The molecule has 0 spiro atoms. The van der Waals surface area contributed by atoms with Gasteiger partial charge in [-0.15, -0.1) is 0 Å². The molecule has 4 heteroatoms. The van der Waals surface area contributed by atoms with Gasteiger partial charge in [0.2, 0.25) is 0 Å². The first-order valence-corrected chi connectivity index (χ1v) is 8.60. The second-order valence-electron chi connectivity index (χ2n) is 7.16. The van der Waals surface area contributed by atoms with Crippen molar-refractivity contribution >= 4 is 5.97 Å². The van der Waals surface area contributed by atoms with Gasteiger partial charge in [-0.3, -0.25) is 4.79 Å². The SMILES string of the molecule is CCNC1(C(=O)O)CCCC(OC2CCC(C)C(C)C2)C1. The third-order valence-electron chi connectivity index (χ3n) is 5.57. The minimum absolute atomic E-state index is 0.0968. The quantitative estimate of drug-likeness (QED) is 0.818. The molecule has 0 aliphatic heterocycles. The monoisotopic (exact) mass is 297 g/mol. The second-order valence-corrected chi connectivity index (χ2v) is 7.16. The Kier molecular flexibility index (Phi) is 5.67. The molecule has 21 heavy (non-hydrogen) atoms. The van der Waals surface area contributed by atoms with Crippen molar-refractivity contribution in [3.05, 3.63) is 0 Å². The fourth-order valence-electron chi connectivity index (χ4n) is 4.00. The van der Waals surface area contributed by atoms with Gasteiger partial charge >= 0.3 is 5.97 Å². The average molecular weight is 297 g/mol. The van der Waals surface area contributed by atoms with Gasteiger partial charge in [0.15, 0.2) is 0 Å². The number of aliphatic carboxylic acids is 1. The van der Waals surface area contributed by atoms with Crippen LogP contribution in [0.15, 0.2) is 0 Å². The van der Waals surface area contributed by atoms with Crippen LogP contribution in [0.2, 0.25) is 0 Å². The highest BCUT2D eigenvalue weighted by molar-refractivity contribution is 5.79. The lowest BCUT2D eigenvalue weighted by Gasteiger charge is -2.41. The predicted molar refractivity (Wildman–Crippen MR) is 83.4 cm³/mol. The van der Waals surface area contributed by atoms with Crippen molar-refractivity contribution in [2.45, 2.75) is 83.5 Å². The van der Waals surface area contributed by atoms with Gasteiger partial charge in [-0.2, -0.15) is 0 Å². The lowest BCUT2D eigenvalue weighted by Crippen LogP contribution is -2.56. The van der Waals surface area contributed by atoms with Gasteiger partial charge in [0, 0.05) is 6.42 Å². The van der Waals surface area contributed by atoms with Crippen molar-refractivity contribution in [2.24, 2.45) is 11.8 Å². The van der Waals surface area contributed by atoms with Gasteiger partial charge < -0.3 is 15.2 Å². The van der Waals surface area contributed by atoms with E-state index in [9.17, 15) is 9.90 Å². The highest BCUT2D eigenvalue weighted by Gasteiger charge is 2.43. The van der Waals surface area contributed by atoms with Crippen LogP contribution in [0, 0.1) is 11.8 Å². The Morgan fingerprint density at radius 3 is 2.62 bits per heavy atom. The molecule has 4 nitrogen and oxygen atoms in total. The summed E-state index contributed by atoms with van der Waals surface area (Å²) in [5.41, 5.74) is -0.773. The van der Waals surface area contributed by atoms with E-state index in [1.807, 2.05) is 6.92 Å². The van der Waals surface area contributed by atoms with Gasteiger partial charge in [-0.25, -0.2) is 0 Å². The molecule has 2 aliphatic carbocycles. The summed E-state index contributed by atoms with van der Waals surface area (Å²) < 4.78 is 6.30. The molecule has 0 radical (unpaired) electrons. The van der Waals surface area contributed by atoms with Crippen molar-refractivity contribution < 1.29 is 14.6 Å². The van der Waals surface area contributed by atoms with Gasteiger partial charge in [0.1, 0.15) is 5.54 Å². The van der Waals surface area contributed by atoms with E-state index < -0.39 is 11.5 Å². The fraction of sp³-hybridized carbons (Fsp3) is 0.941. The molecule has 2 saturated carbocycles. The Morgan fingerprint density at radius 1 is 1.24 bits per heavy atom. The molecule has 0 aromatic carbocycles. The molecule has 0 bridgehead atoms. The first-order chi connectivity index (χ1) is 9.97. The normalized spacial score (nSPS) is 40.9. The summed E-state index contributed by atoms with van der Waals surface area (Å²) in [6.07, 6.45) is 7.17. The molecule has 0 saturated heterocycles. The molecule has 2 fully saturated rings. The third-order valence-corrected chi connectivity index (χ3v) is 5.57. The average Bonchev–Trinajstić information content (AvgIpc) is 2.43. The van der Waals surface area contributed by atoms with Crippen molar-refractivity contribution in [3.63, 3.8) is 0 Å². The Bertz CT molecular complexity index is 356. The first kappa shape index (κ1) is 16.8. The minimum atomic E-state index is -0.773. The molecule has 122 valence electrons. The lowest BCUT2D eigenvalue weighted by molar-refractivity contribution is -0.151. The number of carboxylic acids is 1. The van der Waals surface area contributed by atoms with E-state index in [1.54, 1.807) is 0 Å². The number of nitrogens with one attached hydrogen (secondary N) is 1. The summed E-state index contributed by atoms with van der Waals surface area (Å²) >= 11 is 0. The number of ether oxygens (including phenoxy) is 1. The zero-order chi connectivity index (χ0) is 15.5. The van der Waals surface area contributed by atoms with E-state index in [4.69, 9.17) is 4.74 Å². The Balaban J connectivity index is 1.93. The molecule has 2 aliphatic rings. The number of carbonyl (C=O) groups is 1. The van der Waals surface area contributed by atoms with Crippen molar-refractivity contribution in [2.75, 3.05) is 6.54 Å². The molecular weight excluding hydrogens is 266 g/mol. The van der Waals surface area contributed by atoms with Crippen molar-refractivity contribution in [3.8, 4) is 0 Å². The van der Waals surface area contributed by atoms with Crippen molar-refractivity contribution in [1.29, 1.82) is 0 Å². The second kappa shape index (κ2) is 7.10. The van der Waals surface area contributed by atoms with Crippen LogP contribution in [-0.2, 0) is 9.53 Å². The largest absolute Gasteiger partial charge is 0.480 e. The molecule has 2 rings (SSSR count). The molecule has 5 atom stereocenters. The zero-order valence-electron chi connectivity index (χ0n) is 13.7. The van der Waals surface area contributed by atoms with E-state index in [1.165, 1.54) is 6.42 Å². The highest BCUT2D eigenvalue weighted by Crippen LogP contribution is 2.35. The summed E-state index contributed by atoms with van der Waals surface area (Å²) in [4.78, 5) is 11.7. The molecule has 0 heterocycles. The van der Waals surface area contributed by atoms with E-state index in [0.29, 0.717) is 31.4 Å². The molecule has 0 aromatic heterocycles. The molecule has 2 N–H and O–H groups in total.